The van der Waals surface area contributed by atoms with Gasteiger partial charge in [0.05, 0.1) is 6.04 Å². The van der Waals surface area contributed by atoms with E-state index in [1.807, 2.05) is 0 Å². The van der Waals surface area contributed by atoms with Crippen LogP contribution in [0.1, 0.15) is 58.1 Å². The minimum Gasteiger partial charge on any atom is -0.338 e. The predicted molar refractivity (Wildman–Crippen MR) is 219 cm³/mol. The van der Waals surface area contributed by atoms with Crippen LogP contribution in [-0.2, 0) is 11.8 Å². The molecule has 51 heavy (non-hydrogen) atoms. The summed E-state index contributed by atoms with van der Waals surface area (Å²) >= 11 is 0. The van der Waals surface area contributed by atoms with Gasteiger partial charge >= 0.3 is 0 Å². The number of hydrogen-bond acceptors (Lipinski definition) is 2. The molecule has 0 fully saturated rings. The Morgan fingerprint density at radius 2 is 1.47 bits per heavy atom. The van der Waals surface area contributed by atoms with Crippen molar-refractivity contribution in [3.8, 4) is 0 Å². The van der Waals surface area contributed by atoms with E-state index in [0.717, 1.165) is 25.7 Å². The maximum absolute atomic E-state index is 2.68. The Labute approximate surface area is 305 Å². The van der Waals surface area contributed by atoms with Crippen molar-refractivity contribution in [1.29, 1.82) is 0 Å². The van der Waals surface area contributed by atoms with Crippen LogP contribution < -0.4 is 9.80 Å². The van der Waals surface area contributed by atoms with Gasteiger partial charge in [-0.15, -0.1) is 0 Å². The molecule has 0 aromatic heterocycles. The van der Waals surface area contributed by atoms with Gasteiger partial charge in [-0.2, -0.15) is 0 Å². The standard InChI is InChI=1S/C49H50N2/c1-35(34-36-26-28-40(29-27-36)49(2,3)4)50(46-23-11-17-37-14-5-8-20-43(37)46)41-30-32-42(33-31-41)51(47-24-12-18-38-15-6-9-21-44(38)47)48-25-13-19-39-16-7-10-22-45(39)48/h5-9,11-21,23-24,26-33,35,38,44,48H,10,22,25,34H2,1-4H3. The summed E-state index contributed by atoms with van der Waals surface area (Å²) in [6.07, 6.45) is 29.7. The van der Waals surface area contributed by atoms with Crippen LogP contribution in [0.2, 0.25) is 0 Å². The smallest absolute Gasteiger partial charge is 0.0592 e. The van der Waals surface area contributed by atoms with Gasteiger partial charge in [0.2, 0.25) is 0 Å². The number of nitrogens with zero attached hydrogens (tertiary/aromatic N) is 2. The van der Waals surface area contributed by atoms with E-state index in [2.05, 4.69) is 195 Å². The van der Waals surface area contributed by atoms with E-state index in [1.165, 1.54) is 50.2 Å². The molecule has 256 valence electrons. The molecular formula is C49H50N2. The fourth-order valence-corrected chi connectivity index (χ4v) is 8.59. The number of hydrogen-bond donors (Lipinski definition) is 0. The molecule has 0 bridgehead atoms. The second kappa shape index (κ2) is 13.9. The van der Waals surface area contributed by atoms with Crippen molar-refractivity contribution < 1.29 is 0 Å². The zero-order valence-corrected chi connectivity index (χ0v) is 30.5. The summed E-state index contributed by atoms with van der Waals surface area (Å²) in [5.74, 6) is 0.710. The van der Waals surface area contributed by atoms with Gasteiger partial charge in [0.25, 0.3) is 0 Å². The highest BCUT2D eigenvalue weighted by Gasteiger charge is 2.34. The molecule has 8 rings (SSSR count). The zero-order chi connectivity index (χ0) is 35.0. The Morgan fingerprint density at radius 1 is 0.745 bits per heavy atom. The molecule has 0 heterocycles. The molecule has 0 N–H and O–H groups in total. The lowest BCUT2D eigenvalue weighted by Crippen LogP contribution is -2.41. The van der Waals surface area contributed by atoms with Gasteiger partial charge in [-0.3, -0.25) is 0 Å². The lowest BCUT2D eigenvalue weighted by Gasteiger charge is -2.43. The first-order chi connectivity index (χ1) is 24.8. The van der Waals surface area contributed by atoms with Gasteiger partial charge in [0, 0.05) is 46.0 Å². The molecular weight excluding hydrogens is 617 g/mol. The third-order valence-electron chi connectivity index (χ3n) is 11.2. The molecule has 4 aliphatic rings. The van der Waals surface area contributed by atoms with E-state index < -0.39 is 0 Å². The van der Waals surface area contributed by atoms with Crippen molar-refractivity contribution in [3.63, 3.8) is 0 Å². The third kappa shape index (κ3) is 6.61. The number of rotatable bonds is 8. The average Bonchev–Trinajstić information content (AvgIpc) is 3.16. The molecule has 2 heteroatoms. The summed E-state index contributed by atoms with van der Waals surface area (Å²) in [6, 6.07) is 34.8. The quantitative estimate of drug-likeness (QED) is 0.185. The van der Waals surface area contributed by atoms with E-state index in [4.69, 9.17) is 0 Å². The summed E-state index contributed by atoms with van der Waals surface area (Å²) < 4.78 is 0. The Morgan fingerprint density at radius 3 is 2.29 bits per heavy atom. The maximum Gasteiger partial charge on any atom is 0.0592 e. The first-order valence-electron chi connectivity index (χ1n) is 18.9. The second-order valence-corrected chi connectivity index (χ2v) is 15.7. The summed E-state index contributed by atoms with van der Waals surface area (Å²) in [7, 11) is 0. The van der Waals surface area contributed by atoms with Crippen LogP contribution in [0.25, 0.3) is 10.8 Å². The van der Waals surface area contributed by atoms with Crippen molar-refractivity contribution in [2.24, 2.45) is 11.8 Å². The molecule has 0 saturated heterocycles. The molecule has 4 unspecified atom stereocenters. The number of benzene rings is 4. The van der Waals surface area contributed by atoms with Crippen molar-refractivity contribution in [2.75, 3.05) is 9.80 Å². The van der Waals surface area contributed by atoms with Crippen LogP contribution in [0, 0.1) is 11.8 Å². The minimum absolute atomic E-state index is 0.142. The molecule has 4 aromatic rings. The normalized spacial score (nSPS) is 21.3. The van der Waals surface area contributed by atoms with Gasteiger partial charge in [-0.1, -0.05) is 142 Å². The van der Waals surface area contributed by atoms with E-state index in [0.29, 0.717) is 17.9 Å². The van der Waals surface area contributed by atoms with E-state index >= 15 is 0 Å². The Kier molecular flexibility index (Phi) is 9.03. The first kappa shape index (κ1) is 33.1. The van der Waals surface area contributed by atoms with Crippen LogP contribution in [0.15, 0.2) is 175 Å². The maximum atomic E-state index is 2.68. The molecule has 0 saturated carbocycles. The fraction of sp³-hybridized carbons (Fsp3) is 0.265. The first-order valence-corrected chi connectivity index (χ1v) is 18.9. The molecule has 0 radical (unpaired) electrons. The van der Waals surface area contributed by atoms with Gasteiger partial charge in [-0.25, -0.2) is 0 Å². The fourth-order valence-electron chi connectivity index (χ4n) is 8.59. The molecule has 4 aromatic carbocycles. The van der Waals surface area contributed by atoms with E-state index in [-0.39, 0.29) is 11.5 Å². The van der Waals surface area contributed by atoms with E-state index in [1.54, 1.807) is 5.57 Å². The summed E-state index contributed by atoms with van der Waals surface area (Å²) in [5, 5.41) is 2.55. The molecule has 0 aliphatic heterocycles. The average molecular weight is 667 g/mol. The molecule has 0 spiro atoms. The van der Waals surface area contributed by atoms with Gasteiger partial charge in [0.1, 0.15) is 0 Å². The van der Waals surface area contributed by atoms with Crippen molar-refractivity contribution in [2.45, 2.75) is 70.9 Å². The van der Waals surface area contributed by atoms with Gasteiger partial charge < -0.3 is 9.80 Å². The Hall–Kier alpha value is -5.08. The molecule has 4 atom stereocenters. The highest BCUT2D eigenvalue weighted by atomic mass is 15.2. The highest BCUT2D eigenvalue weighted by molar-refractivity contribution is 5.96. The monoisotopic (exact) mass is 666 g/mol. The summed E-state index contributed by atoms with van der Waals surface area (Å²) in [6.45, 7) is 9.23. The van der Waals surface area contributed by atoms with Crippen LogP contribution in [0.4, 0.5) is 17.1 Å². The largest absolute Gasteiger partial charge is 0.338 e. The number of fused-ring (bicyclic) bond motifs is 2. The summed E-state index contributed by atoms with van der Waals surface area (Å²) in [4.78, 5) is 5.24. The summed E-state index contributed by atoms with van der Waals surface area (Å²) in [5.41, 5.74) is 10.9. The van der Waals surface area contributed by atoms with Gasteiger partial charge in [0.15, 0.2) is 0 Å². The molecule has 0 amide bonds. The SMILES string of the molecule is CC(Cc1ccc(C(C)(C)C)cc1)N(c1ccc(N(C2=CC=CC3C=CC=CC23)C2CC=CC3=C2CCC=C3)cc1)c1cccc2ccccc12. The van der Waals surface area contributed by atoms with Crippen LogP contribution in [0.5, 0.6) is 0 Å². The number of allylic oxidation sites excluding steroid dienone is 11. The highest BCUT2D eigenvalue weighted by Crippen LogP contribution is 2.43. The number of anilines is 3. The third-order valence-corrected chi connectivity index (χ3v) is 11.2. The van der Waals surface area contributed by atoms with Crippen LogP contribution >= 0.6 is 0 Å². The minimum atomic E-state index is 0.142. The molecule has 4 aliphatic carbocycles. The molecule has 2 nitrogen and oxygen atoms in total. The predicted octanol–water partition coefficient (Wildman–Crippen LogP) is 12.5. The Balaban J connectivity index is 1.19. The zero-order valence-electron chi connectivity index (χ0n) is 30.5. The lowest BCUT2D eigenvalue weighted by molar-refractivity contribution is 0.563. The topological polar surface area (TPSA) is 6.48 Å². The second-order valence-electron chi connectivity index (χ2n) is 15.7. The van der Waals surface area contributed by atoms with Crippen LogP contribution in [-0.4, -0.2) is 12.1 Å². The lowest BCUT2D eigenvalue weighted by atomic mass is 9.79. The van der Waals surface area contributed by atoms with Crippen LogP contribution in [0.3, 0.4) is 0 Å². The van der Waals surface area contributed by atoms with Crippen molar-refractivity contribution in [3.05, 3.63) is 186 Å². The van der Waals surface area contributed by atoms with Crippen molar-refractivity contribution >= 4 is 27.8 Å². The Bertz CT molecular complexity index is 2100. The van der Waals surface area contributed by atoms with E-state index in [9.17, 15) is 0 Å². The van der Waals surface area contributed by atoms with Crippen molar-refractivity contribution in [1.82, 2.24) is 0 Å². The van der Waals surface area contributed by atoms with Gasteiger partial charge in [-0.05, 0) is 102 Å².